The van der Waals surface area contributed by atoms with Gasteiger partial charge in [-0.25, -0.2) is 13.6 Å². The van der Waals surface area contributed by atoms with Gasteiger partial charge in [0.2, 0.25) is 5.91 Å². The number of hydrogen-bond donors (Lipinski definition) is 2. The highest BCUT2D eigenvalue weighted by Crippen LogP contribution is 2.16. The Morgan fingerprint density at radius 2 is 1.57 bits per heavy atom. The van der Waals surface area contributed by atoms with Gasteiger partial charge in [0.1, 0.15) is 18.2 Å². The van der Waals surface area contributed by atoms with Gasteiger partial charge in [-0.05, 0) is 36.2 Å². The predicted molar refractivity (Wildman–Crippen MR) is 115 cm³/mol. The molecule has 7 nitrogen and oxygen atoms in total. The Bertz CT molecular complexity index is 1040. The normalized spacial score (nSPS) is 13.5. The van der Waals surface area contributed by atoms with Crippen molar-refractivity contribution in [2.24, 2.45) is 0 Å². The molecular formula is C23H24F5N3O4. The van der Waals surface area contributed by atoms with Crippen molar-refractivity contribution in [3.05, 3.63) is 70.8 Å². The quantitative estimate of drug-likeness (QED) is 0.615. The number of amides is 2. The van der Waals surface area contributed by atoms with E-state index in [2.05, 4.69) is 5.32 Å². The number of piperazine rings is 1. The fourth-order valence-corrected chi connectivity index (χ4v) is 3.28. The molecule has 1 aliphatic heterocycles. The molecule has 0 unspecified atom stereocenters. The number of benzene rings is 2. The van der Waals surface area contributed by atoms with Crippen LogP contribution in [0.3, 0.4) is 0 Å². The van der Waals surface area contributed by atoms with Gasteiger partial charge in [-0.1, -0.05) is 18.2 Å². The van der Waals surface area contributed by atoms with Crippen LogP contribution in [0, 0.1) is 18.6 Å². The second kappa shape index (κ2) is 12.2. The third kappa shape index (κ3) is 8.63. The first-order valence-electron chi connectivity index (χ1n) is 10.5. The zero-order chi connectivity index (χ0) is 26.2. The number of rotatable bonds is 5. The van der Waals surface area contributed by atoms with Gasteiger partial charge >= 0.3 is 12.1 Å². The van der Waals surface area contributed by atoms with Crippen molar-refractivity contribution < 1.29 is 41.4 Å². The molecule has 0 aliphatic carbocycles. The fourth-order valence-electron chi connectivity index (χ4n) is 3.28. The van der Waals surface area contributed by atoms with Crippen LogP contribution in [0.2, 0.25) is 0 Å². The Kier molecular flexibility index (Phi) is 9.69. The molecule has 1 saturated heterocycles. The number of hydrogen-bond acceptors (Lipinski definition) is 4. The van der Waals surface area contributed by atoms with Crippen molar-refractivity contribution in [2.45, 2.75) is 19.6 Å². The number of carboxylic acid groups (broad SMARTS) is 1. The van der Waals surface area contributed by atoms with Crippen molar-refractivity contribution in [1.82, 2.24) is 15.1 Å². The smallest absolute Gasteiger partial charge is 0.475 e. The molecule has 12 heteroatoms. The van der Waals surface area contributed by atoms with Crippen LogP contribution in [0.15, 0.2) is 42.5 Å². The minimum absolute atomic E-state index is 0.0559. The summed E-state index contributed by atoms with van der Waals surface area (Å²) in [7, 11) is 0. The average Bonchev–Trinajstić information content (AvgIpc) is 2.78. The van der Waals surface area contributed by atoms with Crippen molar-refractivity contribution >= 4 is 17.8 Å². The number of nitrogens with one attached hydrogen (secondary N) is 1. The van der Waals surface area contributed by atoms with Crippen LogP contribution in [0.25, 0.3) is 0 Å². The summed E-state index contributed by atoms with van der Waals surface area (Å²) in [6.45, 7) is 4.15. The van der Waals surface area contributed by atoms with Gasteiger partial charge in [0.25, 0.3) is 5.91 Å². The summed E-state index contributed by atoms with van der Waals surface area (Å²) in [5, 5.41) is 10.3. The standard InChI is InChI=1S/C21H23F2N3O2.C2HF3O2/c1-15-4-2-3-5-19(15)21(28)26(13-16-10-17(22)12-18(23)11-16)14-20(27)25-8-6-24-7-9-25;3-2(4,5)1(6)7/h2-5,10-12,24H,6-9,13-14H2,1H3;(H,6,7). The third-order valence-electron chi connectivity index (χ3n) is 5.00. The first kappa shape index (κ1) is 27.7. The Morgan fingerprint density at radius 1 is 1.03 bits per heavy atom. The van der Waals surface area contributed by atoms with Crippen molar-refractivity contribution in [3.8, 4) is 0 Å². The van der Waals surface area contributed by atoms with Crippen molar-refractivity contribution in [2.75, 3.05) is 32.7 Å². The van der Waals surface area contributed by atoms with E-state index in [0.29, 0.717) is 37.3 Å². The van der Waals surface area contributed by atoms with Crippen LogP contribution >= 0.6 is 0 Å². The summed E-state index contributed by atoms with van der Waals surface area (Å²) in [5.74, 6) is -4.71. The number of carbonyl (C=O) groups is 3. The van der Waals surface area contributed by atoms with Crippen molar-refractivity contribution in [1.29, 1.82) is 0 Å². The minimum atomic E-state index is -5.08. The van der Waals surface area contributed by atoms with Gasteiger partial charge < -0.3 is 20.2 Å². The van der Waals surface area contributed by atoms with Crippen LogP contribution in [0.4, 0.5) is 22.0 Å². The number of alkyl halides is 3. The molecule has 0 atom stereocenters. The minimum Gasteiger partial charge on any atom is -0.475 e. The van der Waals surface area contributed by atoms with E-state index in [4.69, 9.17) is 9.90 Å². The molecular weight excluding hydrogens is 477 g/mol. The Labute approximate surface area is 198 Å². The lowest BCUT2D eigenvalue weighted by atomic mass is 10.1. The molecule has 0 aromatic heterocycles. The van der Waals surface area contributed by atoms with E-state index in [1.807, 2.05) is 19.1 Å². The summed E-state index contributed by atoms with van der Waals surface area (Å²) < 4.78 is 58.9. The zero-order valence-corrected chi connectivity index (χ0v) is 18.7. The summed E-state index contributed by atoms with van der Waals surface area (Å²) in [5.41, 5.74) is 1.54. The average molecular weight is 501 g/mol. The molecule has 2 amide bonds. The number of carboxylic acids is 1. The van der Waals surface area contributed by atoms with Gasteiger partial charge in [-0.3, -0.25) is 9.59 Å². The molecule has 0 bridgehead atoms. The maximum atomic E-state index is 13.6. The van der Waals surface area contributed by atoms with Gasteiger partial charge in [0.05, 0.1) is 0 Å². The molecule has 190 valence electrons. The molecule has 1 heterocycles. The Morgan fingerprint density at radius 3 is 2.09 bits per heavy atom. The largest absolute Gasteiger partial charge is 0.490 e. The summed E-state index contributed by atoms with van der Waals surface area (Å²) in [6.07, 6.45) is -5.08. The number of aliphatic carboxylic acids is 1. The summed E-state index contributed by atoms with van der Waals surface area (Å²) in [6, 6.07) is 10.2. The molecule has 2 aromatic carbocycles. The van der Waals surface area contributed by atoms with E-state index >= 15 is 0 Å². The van der Waals surface area contributed by atoms with Gasteiger partial charge in [0.15, 0.2) is 0 Å². The third-order valence-corrected chi connectivity index (χ3v) is 5.00. The monoisotopic (exact) mass is 501 g/mol. The van der Waals surface area contributed by atoms with Crippen LogP contribution in [-0.2, 0) is 16.1 Å². The fraction of sp³-hybridized carbons (Fsp3) is 0.348. The molecule has 0 spiro atoms. The van der Waals surface area contributed by atoms with E-state index in [-0.39, 0.29) is 24.9 Å². The van der Waals surface area contributed by atoms with Crippen LogP contribution in [0.5, 0.6) is 0 Å². The van der Waals surface area contributed by atoms with Crippen LogP contribution in [0.1, 0.15) is 21.5 Å². The predicted octanol–water partition coefficient (Wildman–Crippen LogP) is 2.98. The first-order valence-corrected chi connectivity index (χ1v) is 10.5. The van der Waals surface area contributed by atoms with Crippen LogP contribution < -0.4 is 5.32 Å². The molecule has 2 N–H and O–H groups in total. The van der Waals surface area contributed by atoms with Gasteiger partial charge in [-0.15, -0.1) is 0 Å². The number of halogens is 5. The van der Waals surface area contributed by atoms with Crippen LogP contribution in [-0.4, -0.2) is 71.6 Å². The lowest BCUT2D eigenvalue weighted by Gasteiger charge is -2.30. The molecule has 1 fully saturated rings. The maximum absolute atomic E-state index is 13.6. The molecule has 0 saturated carbocycles. The lowest BCUT2D eigenvalue weighted by molar-refractivity contribution is -0.192. The maximum Gasteiger partial charge on any atom is 0.490 e. The van der Waals surface area contributed by atoms with Crippen molar-refractivity contribution in [3.63, 3.8) is 0 Å². The van der Waals surface area contributed by atoms with E-state index in [9.17, 15) is 31.5 Å². The zero-order valence-electron chi connectivity index (χ0n) is 18.7. The highest BCUT2D eigenvalue weighted by molar-refractivity contribution is 5.97. The van der Waals surface area contributed by atoms with Gasteiger partial charge in [-0.2, -0.15) is 13.2 Å². The molecule has 2 aromatic rings. The van der Waals surface area contributed by atoms with E-state index in [1.165, 1.54) is 17.0 Å². The summed E-state index contributed by atoms with van der Waals surface area (Å²) >= 11 is 0. The lowest BCUT2D eigenvalue weighted by Crippen LogP contribution is -2.50. The highest BCUT2D eigenvalue weighted by atomic mass is 19.4. The summed E-state index contributed by atoms with van der Waals surface area (Å²) in [4.78, 5) is 37.8. The molecule has 35 heavy (non-hydrogen) atoms. The molecule has 3 rings (SSSR count). The number of nitrogens with zero attached hydrogens (tertiary/aromatic N) is 2. The highest BCUT2D eigenvalue weighted by Gasteiger charge is 2.38. The number of carbonyl (C=O) groups excluding carboxylic acids is 2. The molecule has 0 radical (unpaired) electrons. The van der Waals surface area contributed by atoms with E-state index in [1.54, 1.807) is 17.0 Å². The topological polar surface area (TPSA) is 90.0 Å². The van der Waals surface area contributed by atoms with E-state index < -0.39 is 23.8 Å². The SMILES string of the molecule is Cc1ccccc1C(=O)N(CC(=O)N1CCNCC1)Cc1cc(F)cc(F)c1.O=C(O)C(F)(F)F. The second-order valence-electron chi connectivity index (χ2n) is 7.69. The Hall–Kier alpha value is -3.54. The second-order valence-corrected chi connectivity index (χ2v) is 7.69. The first-order chi connectivity index (χ1) is 16.4. The van der Waals surface area contributed by atoms with Gasteiger partial charge in [0, 0.05) is 44.4 Å². The number of aryl methyl sites for hydroxylation is 1. The molecule has 1 aliphatic rings. The Balaban J connectivity index is 0.000000540. The van der Waals surface area contributed by atoms with E-state index in [0.717, 1.165) is 11.6 Å².